The number of fused-ring (bicyclic) bond motifs is 2. The summed E-state index contributed by atoms with van der Waals surface area (Å²) in [5, 5.41) is 4.31. The lowest BCUT2D eigenvalue weighted by molar-refractivity contribution is -0.129. The van der Waals surface area contributed by atoms with E-state index in [2.05, 4.69) is 10.3 Å². The van der Waals surface area contributed by atoms with Gasteiger partial charge in [-0.2, -0.15) is 0 Å². The Bertz CT molecular complexity index is 1020. The highest BCUT2D eigenvalue weighted by molar-refractivity contribution is 5.91. The SMILES string of the molecule is CC(=O)N1CCC(Nc2ccnc3cc(F)ccc23)c2ccc(F)cc2C1. The van der Waals surface area contributed by atoms with Gasteiger partial charge in [0.15, 0.2) is 0 Å². The molecule has 0 fully saturated rings. The Labute approximate surface area is 155 Å². The van der Waals surface area contributed by atoms with Crippen LogP contribution in [0.2, 0.25) is 0 Å². The molecule has 0 saturated carbocycles. The van der Waals surface area contributed by atoms with Crippen LogP contribution in [0.4, 0.5) is 14.5 Å². The third-order valence-corrected chi connectivity index (χ3v) is 5.01. The maximum atomic E-state index is 13.8. The van der Waals surface area contributed by atoms with Crippen LogP contribution in [0, 0.1) is 11.6 Å². The van der Waals surface area contributed by atoms with Crippen molar-refractivity contribution >= 4 is 22.5 Å². The number of nitrogens with zero attached hydrogens (tertiary/aromatic N) is 2. The van der Waals surface area contributed by atoms with Crippen LogP contribution in [0.15, 0.2) is 48.7 Å². The number of hydrogen-bond acceptors (Lipinski definition) is 3. The molecule has 0 radical (unpaired) electrons. The largest absolute Gasteiger partial charge is 0.378 e. The summed E-state index contributed by atoms with van der Waals surface area (Å²) in [6, 6.07) is 11.0. The fourth-order valence-corrected chi connectivity index (χ4v) is 3.63. The van der Waals surface area contributed by atoms with Gasteiger partial charge in [-0.3, -0.25) is 9.78 Å². The molecular weight excluding hydrogens is 348 g/mol. The zero-order valence-corrected chi connectivity index (χ0v) is 14.9. The third kappa shape index (κ3) is 3.47. The Kier molecular flexibility index (Phi) is 4.48. The van der Waals surface area contributed by atoms with Crippen LogP contribution >= 0.6 is 0 Å². The van der Waals surface area contributed by atoms with Gasteiger partial charge in [0.1, 0.15) is 11.6 Å². The maximum absolute atomic E-state index is 13.8. The first-order valence-corrected chi connectivity index (χ1v) is 8.86. The van der Waals surface area contributed by atoms with Gasteiger partial charge in [-0.25, -0.2) is 8.78 Å². The van der Waals surface area contributed by atoms with Crippen molar-refractivity contribution in [1.29, 1.82) is 0 Å². The summed E-state index contributed by atoms with van der Waals surface area (Å²) in [4.78, 5) is 17.8. The second kappa shape index (κ2) is 6.95. The van der Waals surface area contributed by atoms with E-state index in [4.69, 9.17) is 0 Å². The molecule has 0 aliphatic carbocycles. The quantitative estimate of drug-likeness (QED) is 0.729. The van der Waals surface area contributed by atoms with E-state index >= 15 is 0 Å². The Morgan fingerprint density at radius 1 is 1.15 bits per heavy atom. The van der Waals surface area contributed by atoms with Crippen LogP contribution in [0.5, 0.6) is 0 Å². The Hall–Kier alpha value is -3.02. The van der Waals surface area contributed by atoms with Crippen LogP contribution in [-0.2, 0) is 11.3 Å². The van der Waals surface area contributed by atoms with Gasteiger partial charge >= 0.3 is 0 Å². The highest BCUT2D eigenvalue weighted by atomic mass is 19.1. The first kappa shape index (κ1) is 17.4. The van der Waals surface area contributed by atoms with Crippen LogP contribution in [0.25, 0.3) is 10.9 Å². The molecule has 138 valence electrons. The molecule has 6 heteroatoms. The number of benzene rings is 2. The molecule has 1 aliphatic heterocycles. The van der Waals surface area contributed by atoms with Gasteiger partial charge in [0, 0.05) is 43.4 Å². The number of halogens is 2. The predicted octanol–water partition coefficient (Wildman–Crippen LogP) is 4.42. The average molecular weight is 367 g/mol. The summed E-state index contributed by atoms with van der Waals surface area (Å²) in [6.45, 7) is 2.49. The number of carbonyl (C=O) groups is 1. The highest BCUT2D eigenvalue weighted by Crippen LogP contribution is 2.32. The second-order valence-electron chi connectivity index (χ2n) is 6.79. The number of aromatic nitrogens is 1. The van der Waals surface area contributed by atoms with Crippen molar-refractivity contribution in [3.05, 3.63) is 71.4 Å². The monoisotopic (exact) mass is 367 g/mol. The fourth-order valence-electron chi connectivity index (χ4n) is 3.63. The van der Waals surface area contributed by atoms with Gasteiger partial charge in [-0.05, 0) is 47.9 Å². The standard InChI is InChI=1S/C21H19F2N3O/c1-13(27)26-9-7-20(17-4-2-15(22)10-14(17)12-26)25-19-6-8-24-21-11-16(23)3-5-18(19)21/h2-6,8,10-11,20H,7,9,12H2,1H3,(H,24,25). The zero-order valence-electron chi connectivity index (χ0n) is 14.9. The molecule has 0 spiro atoms. The molecule has 1 aliphatic rings. The smallest absolute Gasteiger partial charge is 0.219 e. The van der Waals surface area contributed by atoms with Crippen LogP contribution in [0.1, 0.15) is 30.5 Å². The first-order valence-electron chi connectivity index (χ1n) is 8.86. The number of nitrogens with one attached hydrogen (secondary N) is 1. The molecule has 27 heavy (non-hydrogen) atoms. The average Bonchev–Trinajstić information content (AvgIpc) is 2.81. The van der Waals surface area contributed by atoms with E-state index in [0.29, 0.717) is 25.0 Å². The van der Waals surface area contributed by atoms with E-state index in [0.717, 1.165) is 22.2 Å². The summed E-state index contributed by atoms with van der Waals surface area (Å²) >= 11 is 0. The summed E-state index contributed by atoms with van der Waals surface area (Å²) in [5.41, 5.74) is 3.16. The molecule has 0 bridgehead atoms. The van der Waals surface area contributed by atoms with Crippen LogP contribution in [-0.4, -0.2) is 22.3 Å². The normalized spacial score (nSPS) is 16.7. The number of amides is 1. The minimum atomic E-state index is -0.334. The molecular formula is C21H19F2N3O. The van der Waals surface area contributed by atoms with Crippen LogP contribution in [0.3, 0.4) is 0 Å². The van der Waals surface area contributed by atoms with Crippen LogP contribution < -0.4 is 5.32 Å². The summed E-state index contributed by atoms with van der Waals surface area (Å²) in [7, 11) is 0. The molecule has 1 unspecified atom stereocenters. The van der Waals surface area contributed by atoms with E-state index in [1.165, 1.54) is 31.2 Å². The molecule has 1 amide bonds. The van der Waals surface area contributed by atoms with Gasteiger partial charge in [0.2, 0.25) is 5.91 Å². The van der Waals surface area contributed by atoms with Crippen molar-refractivity contribution in [3.8, 4) is 0 Å². The number of anilines is 1. The molecule has 1 atom stereocenters. The molecule has 0 saturated heterocycles. The Balaban J connectivity index is 1.73. The lowest BCUT2D eigenvalue weighted by atomic mass is 9.98. The molecule has 4 nitrogen and oxygen atoms in total. The van der Waals surface area contributed by atoms with Gasteiger partial charge < -0.3 is 10.2 Å². The second-order valence-corrected chi connectivity index (χ2v) is 6.79. The predicted molar refractivity (Wildman–Crippen MR) is 100 cm³/mol. The first-order chi connectivity index (χ1) is 13.0. The van der Waals surface area contributed by atoms with Crippen molar-refractivity contribution in [1.82, 2.24) is 9.88 Å². The summed E-state index contributed by atoms with van der Waals surface area (Å²) in [6.07, 6.45) is 2.32. The fraction of sp³-hybridized carbons (Fsp3) is 0.238. The number of hydrogen-bond donors (Lipinski definition) is 1. The molecule has 2 aromatic carbocycles. The van der Waals surface area contributed by atoms with Crippen molar-refractivity contribution < 1.29 is 13.6 Å². The lowest BCUT2D eigenvalue weighted by Gasteiger charge is -2.21. The van der Waals surface area contributed by atoms with Crippen molar-refractivity contribution in [2.24, 2.45) is 0 Å². The number of rotatable bonds is 2. The topological polar surface area (TPSA) is 45.2 Å². The maximum Gasteiger partial charge on any atom is 0.219 e. The number of pyridine rings is 1. The third-order valence-electron chi connectivity index (χ3n) is 5.01. The minimum Gasteiger partial charge on any atom is -0.378 e. The zero-order chi connectivity index (χ0) is 19.0. The van der Waals surface area contributed by atoms with E-state index in [-0.39, 0.29) is 23.6 Å². The lowest BCUT2D eigenvalue weighted by Crippen LogP contribution is -2.28. The Morgan fingerprint density at radius 2 is 1.93 bits per heavy atom. The molecule has 2 heterocycles. The van der Waals surface area contributed by atoms with Crippen molar-refractivity contribution in [2.75, 3.05) is 11.9 Å². The summed E-state index contributed by atoms with van der Waals surface area (Å²) < 4.78 is 27.3. The van der Waals surface area contributed by atoms with Crippen molar-refractivity contribution in [2.45, 2.75) is 25.9 Å². The van der Waals surface area contributed by atoms with Gasteiger partial charge in [-0.1, -0.05) is 6.07 Å². The van der Waals surface area contributed by atoms with Gasteiger partial charge in [-0.15, -0.1) is 0 Å². The molecule has 4 rings (SSSR count). The molecule has 1 N–H and O–H groups in total. The van der Waals surface area contributed by atoms with E-state index in [1.54, 1.807) is 23.2 Å². The van der Waals surface area contributed by atoms with Crippen molar-refractivity contribution in [3.63, 3.8) is 0 Å². The van der Waals surface area contributed by atoms with E-state index < -0.39 is 0 Å². The van der Waals surface area contributed by atoms with Gasteiger partial charge in [0.05, 0.1) is 11.6 Å². The summed E-state index contributed by atoms with van der Waals surface area (Å²) in [5.74, 6) is -0.682. The minimum absolute atomic E-state index is 0.0318. The van der Waals surface area contributed by atoms with E-state index in [9.17, 15) is 13.6 Å². The van der Waals surface area contributed by atoms with E-state index in [1.807, 2.05) is 6.07 Å². The molecule has 1 aromatic heterocycles. The Morgan fingerprint density at radius 3 is 2.74 bits per heavy atom. The number of carbonyl (C=O) groups excluding carboxylic acids is 1. The highest BCUT2D eigenvalue weighted by Gasteiger charge is 2.24. The molecule has 3 aromatic rings. The van der Waals surface area contributed by atoms with Gasteiger partial charge in [0.25, 0.3) is 0 Å².